The summed E-state index contributed by atoms with van der Waals surface area (Å²) >= 11 is 3.61. The smallest absolute Gasteiger partial charge is 0.196 e. The van der Waals surface area contributed by atoms with Crippen molar-refractivity contribution in [1.29, 1.82) is 0 Å². The predicted molar refractivity (Wildman–Crippen MR) is 112 cm³/mol. The Morgan fingerprint density at radius 2 is 1.90 bits per heavy atom. The van der Waals surface area contributed by atoms with Crippen LogP contribution in [0.4, 0.5) is 11.5 Å². The molecule has 1 aromatic carbocycles. The highest BCUT2D eigenvalue weighted by atomic mass is 79.9. The SMILES string of the molecule is Cc1cc(N(C)c2ccc(-n3c(Br)ccc3-c3nnn[nH]3)cc2)n2nccc2n1. The van der Waals surface area contributed by atoms with Crippen molar-refractivity contribution in [2.45, 2.75) is 6.92 Å². The molecular weight excluding hydrogens is 434 g/mol. The van der Waals surface area contributed by atoms with Crippen LogP contribution in [-0.2, 0) is 0 Å². The minimum absolute atomic E-state index is 0.602. The summed E-state index contributed by atoms with van der Waals surface area (Å²) in [5.74, 6) is 1.55. The molecule has 5 aromatic rings. The number of rotatable bonds is 4. The minimum Gasteiger partial charge on any atom is -0.329 e. The van der Waals surface area contributed by atoms with Gasteiger partial charge >= 0.3 is 0 Å². The summed E-state index contributed by atoms with van der Waals surface area (Å²) < 4.78 is 4.78. The number of benzene rings is 1. The average Bonchev–Trinajstić information content (AvgIpc) is 3.47. The van der Waals surface area contributed by atoms with Gasteiger partial charge in [0.2, 0.25) is 0 Å². The number of hydrogen-bond acceptors (Lipinski definition) is 6. The number of halogens is 1. The van der Waals surface area contributed by atoms with Gasteiger partial charge in [0.15, 0.2) is 11.5 Å². The molecule has 0 fully saturated rings. The molecule has 0 aliphatic carbocycles. The van der Waals surface area contributed by atoms with E-state index < -0.39 is 0 Å². The molecule has 1 N–H and O–H groups in total. The molecular formula is C19H16BrN9. The number of aromatic nitrogens is 8. The number of hydrogen-bond donors (Lipinski definition) is 1. The zero-order valence-corrected chi connectivity index (χ0v) is 17.2. The molecule has 4 heterocycles. The fourth-order valence-corrected chi connectivity index (χ4v) is 3.87. The first-order valence-electron chi connectivity index (χ1n) is 8.89. The minimum atomic E-state index is 0.602. The molecule has 0 aliphatic rings. The number of fused-ring (bicyclic) bond motifs is 1. The first kappa shape index (κ1) is 17.6. The molecule has 0 aliphatic heterocycles. The van der Waals surface area contributed by atoms with Crippen LogP contribution in [0.25, 0.3) is 22.9 Å². The summed E-state index contributed by atoms with van der Waals surface area (Å²) in [6.45, 7) is 1.98. The molecule has 0 saturated carbocycles. The van der Waals surface area contributed by atoms with E-state index in [4.69, 9.17) is 0 Å². The van der Waals surface area contributed by atoms with Gasteiger partial charge in [0.05, 0.1) is 16.5 Å². The molecule has 5 rings (SSSR count). The Morgan fingerprint density at radius 1 is 1.07 bits per heavy atom. The zero-order chi connectivity index (χ0) is 20.0. The van der Waals surface area contributed by atoms with Gasteiger partial charge in [-0.2, -0.15) is 9.61 Å². The lowest BCUT2D eigenvalue weighted by atomic mass is 10.2. The van der Waals surface area contributed by atoms with Crippen molar-refractivity contribution in [3.05, 3.63) is 65.0 Å². The lowest BCUT2D eigenvalue weighted by Gasteiger charge is -2.21. The second-order valence-electron chi connectivity index (χ2n) is 6.56. The largest absolute Gasteiger partial charge is 0.329 e. The van der Waals surface area contributed by atoms with E-state index in [0.29, 0.717) is 5.82 Å². The van der Waals surface area contributed by atoms with Gasteiger partial charge in [-0.1, -0.05) is 0 Å². The Labute approximate surface area is 174 Å². The molecule has 29 heavy (non-hydrogen) atoms. The Hall–Kier alpha value is -3.53. The molecule has 0 saturated heterocycles. The second-order valence-corrected chi connectivity index (χ2v) is 7.37. The van der Waals surface area contributed by atoms with E-state index in [1.165, 1.54) is 0 Å². The molecule has 144 valence electrons. The summed E-state index contributed by atoms with van der Waals surface area (Å²) in [5.41, 5.74) is 4.65. The Kier molecular flexibility index (Phi) is 4.13. The van der Waals surface area contributed by atoms with Crippen LogP contribution in [-0.4, -0.2) is 46.8 Å². The third-order valence-corrected chi connectivity index (χ3v) is 5.35. The van der Waals surface area contributed by atoms with Crippen molar-refractivity contribution in [2.75, 3.05) is 11.9 Å². The lowest BCUT2D eigenvalue weighted by molar-refractivity contribution is 0.881. The molecule has 0 atom stereocenters. The van der Waals surface area contributed by atoms with Crippen molar-refractivity contribution >= 4 is 33.1 Å². The van der Waals surface area contributed by atoms with Crippen LogP contribution in [0.3, 0.4) is 0 Å². The van der Waals surface area contributed by atoms with Gasteiger partial charge < -0.3 is 9.47 Å². The van der Waals surface area contributed by atoms with Gasteiger partial charge in [0.1, 0.15) is 5.82 Å². The normalized spacial score (nSPS) is 11.3. The van der Waals surface area contributed by atoms with Crippen molar-refractivity contribution < 1.29 is 0 Å². The fraction of sp³-hybridized carbons (Fsp3) is 0.105. The maximum Gasteiger partial charge on any atom is 0.196 e. The summed E-state index contributed by atoms with van der Waals surface area (Å²) in [6.07, 6.45) is 1.76. The number of tetrazole rings is 1. The Bertz CT molecular complexity index is 1290. The van der Waals surface area contributed by atoms with E-state index in [-0.39, 0.29) is 0 Å². The van der Waals surface area contributed by atoms with Crippen LogP contribution >= 0.6 is 15.9 Å². The van der Waals surface area contributed by atoms with Crippen LogP contribution < -0.4 is 4.90 Å². The number of nitrogens with one attached hydrogen (secondary N) is 1. The summed E-state index contributed by atoms with van der Waals surface area (Å²) in [4.78, 5) is 6.60. The number of aromatic amines is 1. The zero-order valence-electron chi connectivity index (χ0n) is 15.7. The summed E-state index contributed by atoms with van der Waals surface area (Å²) in [7, 11) is 2.02. The van der Waals surface area contributed by atoms with Crippen LogP contribution in [0.15, 0.2) is 59.3 Å². The van der Waals surface area contributed by atoms with Crippen LogP contribution in [0.1, 0.15) is 5.69 Å². The van der Waals surface area contributed by atoms with Crippen molar-refractivity contribution in [3.63, 3.8) is 0 Å². The van der Waals surface area contributed by atoms with Gasteiger partial charge in [0.25, 0.3) is 0 Å². The quantitative estimate of drug-likeness (QED) is 0.450. The molecule has 0 spiro atoms. The molecule has 0 bridgehead atoms. The second kappa shape index (κ2) is 6.82. The van der Waals surface area contributed by atoms with Crippen LogP contribution in [0.5, 0.6) is 0 Å². The van der Waals surface area contributed by atoms with Crippen LogP contribution in [0.2, 0.25) is 0 Å². The first-order valence-corrected chi connectivity index (χ1v) is 9.68. The third-order valence-electron chi connectivity index (χ3n) is 4.73. The highest BCUT2D eigenvalue weighted by Gasteiger charge is 2.15. The van der Waals surface area contributed by atoms with E-state index in [1.54, 1.807) is 6.20 Å². The molecule has 0 amide bonds. The lowest BCUT2D eigenvalue weighted by Crippen LogP contribution is -2.15. The maximum absolute atomic E-state index is 4.51. The standard InChI is InChI=1S/C19H16BrN9/c1-12-11-18(29-17(22-12)9-10-21-29)27(2)13-3-5-14(6-4-13)28-15(7-8-16(28)20)19-23-25-26-24-19/h3-11H,1-2H3,(H,23,24,25,26). The molecule has 0 unspecified atom stereocenters. The number of anilines is 2. The molecule has 0 radical (unpaired) electrons. The van der Waals surface area contributed by atoms with Gasteiger partial charge in [-0.15, -0.1) is 5.10 Å². The van der Waals surface area contributed by atoms with Crippen molar-refractivity contribution in [1.82, 2.24) is 39.8 Å². The predicted octanol–water partition coefficient (Wildman–Crippen LogP) is 3.54. The van der Waals surface area contributed by atoms with E-state index in [9.17, 15) is 0 Å². The van der Waals surface area contributed by atoms with Gasteiger partial charge in [-0.3, -0.25) is 0 Å². The number of nitrogens with zero attached hydrogens (tertiary/aromatic N) is 8. The molecule has 9 nitrogen and oxygen atoms in total. The molecule has 10 heteroatoms. The van der Waals surface area contributed by atoms with Crippen LogP contribution in [0, 0.1) is 6.92 Å². The Balaban J connectivity index is 1.53. The highest BCUT2D eigenvalue weighted by molar-refractivity contribution is 9.10. The average molecular weight is 450 g/mol. The fourth-order valence-electron chi connectivity index (χ4n) is 3.34. The van der Waals surface area contributed by atoms with E-state index >= 15 is 0 Å². The summed E-state index contributed by atoms with van der Waals surface area (Å²) in [5, 5.41) is 18.6. The van der Waals surface area contributed by atoms with E-state index in [1.807, 2.05) is 47.3 Å². The van der Waals surface area contributed by atoms with Gasteiger partial charge in [-0.25, -0.2) is 10.1 Å². The highest BCUT2D eigenvalue weighted by Crippen LogP contribution is 2.30. The van der Waals surface area contributed by atoms with Gasteiger partial charge in [-0.05, 0) is 69.7 Å². The Morgan fingerprint density at radius 3 is 2.66 bits per heavy atom. The van der Waals surface area contributed by atoms with Crippen molar-refractivity contribution in [3.8, 4) is 17.2 Å². The monoisotopic (exact) mass is 449 g/mol. The van der Waals surface area contributed by atoms with Crippen molar-refractivity contribution in [2.24, 2.45) is 0 Å². The molecule has 4 aromatic heterocycles. The third kappa shape index (κ3) is 2.97. The topological polar surface area (TPSA) is 92.8 Å². The number of H-pyrrole nitrogens is 1. The van der Waals surface area contributed by atoms with E-state index in [0.717, 1.165) is 38.8 Å². The van der Waals surface area contributed by atoms with Gasteiger partial charge in [0, 0.05) is 36.2 Å². The number of aryl methyl sites for hydroxylation is 1. The van der Waals surface area contributed by atoms with E-state index in [2.05, 4.69) is 75.8 Å². The first-order chi connectivity index (χ1) is 14.1. The maximum atomic E-state index is 4.51. The summed E-state index contributed by atoms with van der Waals surface area (Å²) in [6, 6.07) is 16.1.